The highest BCUT2D eigenvalue weighted by Gasteiger charge is 2.27. The molecule has 1 N–H and O–H groups in total. The number of carbonyl (C=O) groups is 1. The van der Waals surface area contributed by atoms with Crippen molar-refractivity contribution in [2.24, 2.45) is 12.0 Å². The molecule has 0 aliphatic carbocycles. The topological polar surface area (TPSA) is 75.0 Å². The van der Waals surface area contributed by atoms with Crippen molar-refractivity contribution in [1.82, 2.24) is 20.0 Å². The average molecular weight is 399 g/mol. The molecule has 0 unspecified atom stereocenters. The Morgan fingerprint density at radius 1 is 1.28 bits per heavy atom. The Labute approximate surface area is 172 Å². The quantitative estimate of drug-likeness (QED) is 0.567. The summed E-state index contributed by atoms with van der Waals surface area (Å²) in [6.07, 6.45) is 4.38. The van der Waals surface area contributed by atoms with Crippen LogP contribution in [0.3, 0.4) is 0 Å². The van der Waals surface area contributed by atoms with Gasteiger partial charge in [-0.1, -0.05) is 18.2 Å². The summed E-state index contributed by atoms with van der Waals surface area (Å²) in [6.45, 7) is 7.69. The molecule has 1 aromatic heterocycles. The van der Waals surface area contributed by atoms with E-state index in [4.69, 9.17) is 9.73 Å². The number of hydrogen-bond acceptors (Lipinski definition) is 4. The third kappa shape index (κ3) is 5.28. The van der Waals surface area contributed by atoms with E-state index < -0.39 is 0 Å². The van der Waals surface area contributed by atoms with Crippen LogP contribution < -0.4 is 15.0 Å². The number of nitrogens with zero attached hydrogens (tertiary/aromatic N) is 5. The number of nitrogens with one attached hydrogen (secondary N) is 1. The van der Waals surface area contributed by atoms with Crippen LogP contribution in [0, 0.1) is 0 Å². The minimum Gasteiger partial charge on any atom is -0.494 e. The predicted octanol–water partition coefficient (Wildman–Crippen LogP) is 1.68. The van der Waals surface area contributed by atoms with Crippen LogP contribution in [0.1, 0.15) is 19.4 Å². The fraction of sp³-hybridized carbons (Fsp3) is 0.476. The van der Waals surface area contributed by atoms with Gasteiger partial charge >= 0.3 is 0 Å². The molecular weight excluding hydrogens is 368 g/mol. The molecule has 0 spiro atoms. The molecular formula is C21H30N6O2. The van der Waals surface area contributed by atoms with Crippen LogP contribution in [0.5, 0.6) is 5.75 Å². The van der Waals surface area contributed by atoms with Crippen LogP contribution in [-0.4, -0.2) is 65.9 Å². The lowest BCUT2D eigenvalue weighted by Gasteiger charge is -2.35. The summed E-state index contributed by atoms with van der Waals surface area (Å²) < 4.78 is 7.41. The first-order chi connectivity index (χ1) is 14.1. The lowest BCUT2D eigenvalue weighted by Crippen LogP contribution is -2.55. The monoisotopic (exact) mass is 398 g/mol. The number of anilines is 1. The number of benzene rings is 1. The van der Waals surface area contributed by atoms with Crippen molar-refractivity contribution >= 4 is 17.6 Å². The molecule has 1 fully saturated rings. The van der Waals surface area contributed by atoms with Crippen molar-refractivity contribution in [3.8, 4) is 5.75 Å². The minimum atomic E-state index is 0.0524. The van der Waals surface area contributed by atoms with Crippen LogP contribution >= 0.6 is 0 Å². The van der Waals surface area contributed by atoms with E-state index >= 15 is 0 Å². The van der Waals surface area contributed by atoms with E-state index in [2.05, 4.69) is 16.5 Å². The Morgan fingerprint density at radius 3 is 2.79 bits per heavy atom. The van der Waals surface area contributed by atoms with E-state index in [9.17, 15) is 4.79 Å². The lowest BCUT2D eigenvalue weighted by molar-refractivity contribution is -0.120. The summed E-state index contributed by atoms with van der Waals surface area (Å²) in [7, 11) is 1.85. The van der Waals surface area contributed by atoms with Gasteiger partial charge in [-0.25, -0.2) is 0 Å². The Hall–Kier alpha value is -3.03. The molecule has 0 saturated carbocycles. The number of guanidine groups is 1. The van der Waals surface area contributed by atoms with Crippen LogP contribution in [0.2, 0.25) is 0 Å². The number of aryl methyl sites for hydroxylation is 1. The zero-order valence-electron chi connectivity index (χ0n) is 17.5. The van der Waals surface area contributed by atoms with E-state index in [-0.39, 0.29) is 5.91 Å². The average Bonchev–Trinajstić information content (AvgIpc) is 3.14. The van der Waals surface area contributed by atoms with Gasteiger partial charge in [0.1, 0.15) is 12.3 Å². The molecule has 0 bridgehead atoms. The van der Waals surface area contributed by atoms with Gasteiger partial charge in [-0.05, 0) is 31.9 Å². The molecule has 29 heavy (non-hydrogen) atoms. The smallest absolute Gasteiger partial charge is 0.246 e. The van der Waals surface area contributed by atoms with E-state index in [1.165, 1.54) is 0 Å². The van der Waals surface area contributed by atoms with Crippen LogP contribution in [0.4, 0.5) is 5.69 Å². The molecule has 2 aromatic rings. The molecule has 1 aliphatic rings. The highest BCUT2D eigenvalue weighted by Crippen LogP contribution is 2.19. The summed E-state index contributed by atoms with van der Waals surface area (Å²) in [5, 5.41) is 7.48. The van der Waals surface area contributed by atoms with Gasteiger partial charge in [-0.3, -0.25) is 14.5 Å². The third-order valence-electron chi connectivity index (χ3n) is 4.77. The summed E-state index contributed by atoms with van der Waals surface area (Å²) in [4.78, 5) is 21.2. The van der Waals surface area contributed by atoms with E-state index in [0.29, 0.717) is 26.2 Å². The molecule has 8 nitrogen and oxygen atoms in total. The molecule has 8 heteroatoms. The fourth-order valence-electron chi connectivity index (χ4n) is 3.39. The van der Waals surface area contributed by atoms with Crippen LogP contribution in [0.25, 0.3) is 0 Å². The first kappa shape index (κ1) is 20.7. The first-order valence-electron chi connectivity index (χ1n) is 10.1. The molecule has 1 saturated heterocycles. The Morgan fingerprint density at radius 2 is 2.10 bits per heavy atom. The van der Waals surface area contributed by atoms with Gasteiger partial charge in [-0.15, -0.1) is 0 Å². The molecule has 156 valence electrons. The molecule has 1 aromatic carbocycles. The Balaban J connectivity index is 1.63. The molecule has 3 rings (SSSR count). The number of rotatable bonds is 7. The molecule has 0 atom stereocenters. The normalized spacial score (nSPS) is 15.0. The maximum atomic E-state index is 12.7. The second-order valence-electron chi connectivity index (χ2n) is 6.87. The van der Waals surface area contributed by atoms with Gasteiger partial charge in [0, 0.05) is 39.4 Å². The van der Waals surface area contributed by atoms with E-state index in [1.807, 2.05) is 50.2 Å². The van der Waals surface area contributed by atoms with Crippen molar-refractivity contribution in [3.63, 3.8) is 0 Å². The number of para-hydroxylation sites is 1. The number of amides is 1. The summed E-state index contributed by atoms with van der Waals surface area (Å²) in [5.41, 5.74) is 1.98. The van der Waals surface area contributed by atoms with Crippen molar-refractivity contribution in [2.75, 3.05) is 44.2 Å². The van der Waals surface area contributed by atoms with Crippen molar-refractivity contribution in [1.29, 1.82) is 0 Å². The SMILES string of the molecule is CCNC(=NCCc1ccccc1OCC)N1CCN(c2cnn(C)c2)C(=O)C1. The first-order valence-corrected chi connectivity index (χ1v) is 10.1. The molecule has 1 amide bonds. The Kier molecular flexibility index (Phi) is 7.10. The number of piperazine rings is 1. The number of carbonyl (C=O) groups excluding carboxylic acids is 1. The largest absolute Gasteiger partial charge is 0.494 e. The molecule has 1 aliphatic heterocycles. The molecule has 2 heterocycles. The predicted molar refractivity (Wildman–Crippen MR) is 114 cm³/mol. The van der Waals surface area contributed by atoms with Crippen molar-refractivity contribution in [3.05, 3.63) is 42.2 Å². The van der Waals surface area contributed by atoms with Gasteiger partial charge in [0.15, 0.2) is 5.96 Å². The lowest BCUT2D eigenvalue weighted by atomic mass is 10.1. The van der Waals surface area contributed by atoms with Crippen LogP contribution in [-0.2, 0) is 18.3 Å². The van der Waals surface area contributed by atoms with Gasteiger partial charge < -0.3 is 19.9 Å². The maximum absolute atomic E-state index is 12.7. The number of aromatic nitrogens is 2. The van der Waals surface area contributed by atoms with Gasteiger partial charge in [0.05, 0.1) is 18.5 Å². The fourth-order valence-corrected chi connectivity index (χ4v) is 3.39. The maximum Gasteiger partial charge on any atom is 0.246 e. The zero-order valence-corrected chi connectivity index (χ0v) is 17.5. The highest BCUT2D eigenvalue weighted by atomic mass is 16.5. The van der Waals surface area contributed by atoms with Gasteiger partial charge in [0.2, 0.25) is 5.91 Å². The summed E-state index contributed by atoms with van der Waals surface area (Å²) in [5.74, 6) is 1.74. The second kappa shape index (κ2) is 9.95. The van der Waals surface area contributed by atoms with Crippen LogP contribution in [0.15, 0.2) is 41.7 Å². The minimum absolute atomic E-state index is 0.0524. The molecule has 0 radical (unpaired) electrons. The summed E-state index contributed by atoms with van der Waals surface area (Å²) in [6, 6.07) is 8.06. The Bertz CT molecular complexity index is 847. The standard InChI is InChI=1S/C21H30N6O2/c1-4-22-21(23-11-10-17-8-6-7-9-19(17)29-5-2)26-12-13-27(20(28)16-26)18-14-24-25(3)15-18/h6-9,14-15H,4-5,10-13,16H2,1-3H3,(H,22,23). The number of aliphatic imine (C=N–C) groups is 1. The van der Waals surface area contributed by atoms with E-state index in [1.54, 1.807) is 15.8 Å². The second-order valence-corrected chi connectivity index (χ2v) is 6.87. The van der Waals surface area contributed by atoms with Crippen molar-refractivity contribution in [2.45, 2.75) is 20.3 Å². The van der Waals surface area contributed by atoms with E-state index in [0.717, 1.165) is 42.5 Å². The zero-order chi connectivity index (χ0) is 20.6. The number of ether oxygens (including phenoxy) is 1. The van der Waals surface area contributed by atoms with Gasteiger partial charge in [0.25, 0.3) is 0 Å². The third-order valence-corrected chi connectivity index (χ3v) is 4.77. The number of hydrogen-bond donors (Lipinski definition) is 1. The van der Waals surface area contributed by atoms with Gasteiger partial charge in [-0.2, -0.15) is 5.10 Å². The van der Waals surface area contributed by atoms with Crippen molar-refractivity contribution < 1.29 is 9.53 Å². The summed E-state index contributed by atoms with van der Waals surface area (Å²) >= 11 is 0. The highest BCUT2D eigenvalue weighted by molar-refractivity contribution is 5.98.